The highest BCUT2D eigenvalue weighted by Gasteiger charge is 2.22. The quantitative estimate of drug-likeness (QED) is 0.810. The Morgan fingerprint density at radius 3 is 3.11 bits per heavy atom. The van der Waals surface area contributed by atoms with E-state index in [1.165, 1.54) is 12.8 Å². The first kappa shape index (κ1) is 11.3. The minimum atomic E-state index is 0.625. The second-order valence-corrected chi connectivity index (χ2v) is 4.68. The minimum absolute atomic E-state index is 0.625. The largest absolute Gasteiger partial charge is 0.478 e. The number of pyridine rings is 1. The lowest BCUT2D eigenvalue weighted by Gasteiger charge is -2.06. The molecule has 0 saturated heterocycles. The number of ether oxygens (including phenoxy) is 1. The monoisotopic (exact) mass is 243 g/mol. The summed E-state index contributed by atoms with van der Waals surface area (Å²) in [5.41, 5.74) is 2.09. The molecule has 0 amide bonds. The maximum atomic E-state index is 5.55. The van der Waals surface area contributed by atoms with Crippen LogP contribution in [0.5, 0.6) is 5.88 Å². The summed E-state index contributed by atoms with van der Waals surface area (Å²) in [4.78, 5) is 4.27. The fraction of sp³-hybridized carbons (Fsp3) is 0.429. The smallest absolute Gasteiger partial charge is 0.221 e. The molecule has 2 aromatic heterocycles. The molecular formula is C14H17N3O. The van der Waals surface area contributed by atoms with Gasteiger partial charge >= 0.3 is 0 Å². The zero-order chi connectivity index (χ0) is 12.4. The van der Waals surface area contributed by atoms with Crippen molar-refractivity contribution in [3.63, 3.8) is 0 Å². The highest BCUT2D eigenvalue weighted by atomic mass is 16.5. The van der Waals surface area contributed by atoms with Crippen LogP contribution in [0.4, 0.5) is 0 Å². The molecule has 0 bridgehead atoms. The van der Waals surface area contributed by atoms with Crippen LogP contribution < -0.4 is 4.74 Å². The van der Waals surface area contributed by atoms with Crippen molar-refractivity contribution in [3.05, 3.63) is 30.7 Å². The molecule has 4 nitrogen and oxygen atoms in total. The molecule has 0 unspecified atom stereocenters. The average molecular weight is 243 g/mol. The van der Waals surface area contributed by atoms with Gasteiger partial charge in [-0.05, 0) is 37.8 Å². The van der Waals surface area contributed by atoms with Crippen molar-refractivity contribution in [2.24, 2.45) is 5.92 Å². The van der Waals surface area contributed by atoms with Crippen LogP contribution >= 0.6 is 0 Å². The van der Waals surface area contributed by atoms with Gasteiger partial charge in [0.1, 0.15) is 0 Å². The van der Waals surface area contributed by atoms with Gasteiger partial charge in [-0.25, -0.2) is 4.98 Å². The third-order valence-corrected chi connectivity index (χ3v) is 3.14. The van der Waals surface area contributed by atoms with E-state index < -0.39 is 0 Å². The lowest BCUT2D eigenvalue weighted by atomic mass is 10.1. The van der Waals surface area contributed by atoms with Crippen LogP contribution in [0.2, 0.25) is 0 Å². The zero-order valence-corrected chi connectivity index (χ0v) is 10.5. The topological polar surface area (TPSA) is 39.9 Å². The van der Waals surface area contributed by atoms with Crippen LogP contribution in [0, 0.1) is 5.92 Å². The maximum Gasteiger partial charge on any atom is 0.221 e. The van der Waals surface area contributed by atoms with Crippen molar-refractivity contribution in [2.45, 2.75) is 26.3 Å². The van der Waals surface area contributed by atoms with Crippen molar-refractivity contribution in [2.75, 3.05) is 6.61 Å². The van der Waals surface area contributed by atoms with Crippen molar-refractivity contribution < 1.29 is 4.74 Å². The molecule has 1 aliphatic rings. The van der Waals surface area contributed by atoms with Gasteiger partial charge < -0.3 is 4.74 Å². The summed E-state index contributed by atoms with van der Waals surface area (Å²) in [6.45, 7) is 3.62. The molecule has 1 saturated carbocycles. The second kappa shape index (κ2) is 4.80. The Labute approximate surface area is 107 Å². The molecule has 0 aromatic carbocycles. The summed E-state index contributed by atoms with van der Waals surface area (Å²) in [5.74, 6) is 1.52. The molecular weight excluding hydrogens is 226 g/mol. The summed E-state index contributed by atoms with van der Waals surface area (Å²) in [5, 5.41) is 4.41. The predicted octanol–water partition coefficient (Wildman–Crippen LogP) is 2.75. The van der Waals surface area contributed by atoms with Crippen LogP contribution in [0.1, 0.15) is 19.8 Å². The molecule has 0 spiro atoms. The first-order chi connectivity index (χ1) is 8.86. The molecule has 94 valence electrons. The summed E-state index contributed by atoms with van der Waals surface area (Å²) < 4.78 is 7.57. The van der Waals surface area contributed by atoms with E-state index in [0.29, 0.717) is 12.5 Å². The highest BCUT2D eigenvalue weighted by Crippen LogP contribution is 2.32. The lowest BCUT2D eigenvalue weighted by molar-refractivity contribution is 0.328. The van der Waals surface area contributed by atoms with Gasteiger partial charge in [0.25, 0.3) is 0 Å². The third kappa shape index (κ3) is 2.37. The average Bonchev–Trinajstić information content (AvgIpc) is 3.07. The normalized spacial score (nSPS) is 14.7. The molecule has 0 aliphatic heterocycles. The van der Waals surface area contributed by atoms with E-state index in [1.807, 2.05) is 29.9 Å². The highest BCUT2D eigenvalue weighted by molar-refractivity contribution is 5.66. The number of hydrogen-bond donors (Lipinski definition) is 0. The number of rotatable bonds is 5. The van der Waals surface area contributed by atoms with E-state index >= 15 is 0 Å². The Hall–Kier alpha value is -1.84. The van der Waals surface area contributed by atoms with Crippen molar-refractivity contribution in [1.29, 1.82) is 0 Å². The van der Waals surface area contributed by atoms with Gasteiger partial charge in [0.15, 0.2) is 0 Å². The molecule has 0 N–H and O–H groups in total. The molecule has 2 aromatic rings. The molecule has 1 fully saturated rings. The third-order valence-electron chi connectivity index (χ3n) is 3.14. The van der Waals surface area contributed by atoms with Gasteiger partial charge in [0, 0.05) is 30.1 Å². The maximum absolute atomic E-state index is 5.55. The number of hydrogen-bond acceptors (Lipinski definition) is 3. The molecule has 0 atom stereocenters. The SMILES string of the molecule is CCOc1ncccc1-c1cnn(CC2CC2)c1. The first-order valence-electron chi connectivity index (χ1n) is 6.47. The van der Waals surface area contributed by atoms with Crippen LogP contribution in [-0.4, -0.2) is 21.4 Å². The van der Waals surface area contributed by atoms with Gasteiger partial charge in [0.05, 0.1) is 12.8 Å². The second-order valence-electron chi connectivity index (χ2n) is 4.68. The van der Waals surface area contributed by atoms with E-state index in [2.05, 4.69) is 16.3 Å². The fourth-order valence-corrected chi connectivity index (χ4v) is 2.03. The Balaban J connectivity index is 1.86. The molecule has 0 radical (unpaired) electrons. The molecule has 3 rings (SSSR count). The van der Waals surface area contributed by atoms with Gasteiger partial charge in [-0.3, -0.25) is 4.68 Å². The first-order valence-corrected chi connectivity index (χ1v) is 6.47. The molecule has 2 heterocycles. The van der Waals surface area contributed by atoms with Crippen LogP contribution in [0.25, 0.3) is 11.1 Å². The van der Waals surface area contributed by atoms with Crippen molar-refractivity contribution in [3.8, 4) is 17.0 Å². The summed E-state index contributed by atoms with van der Waals surface area (Å²) in [7, 11) is 0. The van der Waals surface area contributed by atoms with Crippen LogP contribution in [0.3, 0.4) is 0 Å². The Morgan fingerprint density at radius 1 is 1.44 bits per heavy atom. The minimum Gasteiger partial charge on any atom is -0.478 e. The van der Waals surface area contributed by atoms with Crippen molar-refractivity contribution >= 4 is 0 Å². The summed E-state index contributed by atoms with van der Waals surface area (Å²) in [6.07, 6.45) is 8.40. The van der Waals surface area contributed by atoms with Gasteiger partial charge in [-0.2, -0.15) is 5.10 Å². The van der Waals surface area contributed by atoms with Gasteiger partial charge in [0.2, 0.25) is 5.88 Å². The Kier molecular flexibility index (Phi) is 3.00. The van der Waals surface area contributed by atoms with Gasteiger partial charge in [-0.1, -0.05) is 0 Å². The summed E-state index contributed by atoms with van der Waals surface area (Å²) >= 11 is 0. The Morgan fingerprint density at radius 2 is 2.33 bits per heavy atom. The Bertz CT molecular complexity index is 531. The van der Waals surface area contributed by atoms with E-state index in [0.717, 1.165) is 23.6 Å². The van der Waals surface area contributed by atoms with E-state index in [9.17, 15) is 0 Å². The molecule has 1 aliphatic carbocycles. The van der Waals surface area contributed by atoms with E-state index in [-0.39, 0.29) is 0 Å². The van der Waals surface area contributed by atoms with Gasteiger partial charge in [-0.15, -0.1) is 0 Å². The predicted molar refractivity (Wildman–Crippen MR) is 69.4 cm³/mol. The number of aromatic nitrogens is 3. The van der Waals surface area contributed by atoms with Crippen molar-refractivity contribution in [1.82, 2.24) is 14.8 Å². The van der Waals surface area contributed by atoms with E-state index in [1.54, 1.807) is 6.20 Å². The lowest BCUT2D eigenvalue weighted by Crippen LogP contribution is -1.99. The molecule has 4 heteroatoms. The standard InChI is InChI=1S/C14H17N3O/c1-2-18-14-13(4-3-7-15-14)12-8-16-17(10-12)9-11-5-6-11/h3-4,7-8,10-11H,2,5-6,9H2,1H3. The molecule has 18 heavy (non-hydrogen) atoms. The van der Waals surface area contributed by atoms with E-state index in [4.69, 9.17) is 4.74 Å². The van der Waals surface area contributed by atoms with Crippen LogP contribution in [-0.2, 0) is 6.54 Å². The summed E-state index contributed by atoms with van der Waals surface area (Å²) in [6, 6.07) is 3.95. The fourth-order valence-electron chi connectivity index (χ4n) is 2.03. The zero-order valence-electron chi connectivity index (χ0n) is 10.5. The van der Waals surface area contributed by atoms with Crippen LogP contribution in [0.15, 0.2) is 30.7 Å². The number of nitrogens with zero attached hydrogens (tertiary/aromatic N) is 3.